The Hall–Kier alpha value is -1.32. The molecule has 0 aliphatic heterocycles. The van der Waals surface area contributed by atoms with Gasteiger partial charge in [0.1, 0.15) is 5.60 Å². The van der Waals surface area contributed by atoms with Gasteiger partial charge in [-0.05, 0) is 39.5 Å². The quantitative estimate of drug-likeness (QED) is 0.592. The summed E-state index contributed by atoms with van der Waals surface area (Å²) in [5, 5.41) is 9.18. The largest absolute Gasteiger partial charge is 0.478 e. The monoisotopic (exact) mass is 296 g/mol. The van der Waals surface area contributed by atoms with Gasteiger partial charge < -0.3 is 9.84 Å². The minimum Gasteiger partial charge on any atom is -0.478 e. The van der Waals surface area contributed by atoms with Gasteiger partial charge in [0.2, 0.25) is 0 Å². The molecule has 1 rings (SSSR count). The number of carboxylic acid groups (broad SMARTS) is 1. The molecule has 1 N–H and O–H groups in total. The van der Waals surface area contributed by atoms with E-state index in [0.717, 1.165) is 12.8 Å². The smallest absolute Gasteiger partial charge is 0.331 e. The molecule has 0 saturated heterocycles. The van der Waals surface area contributed by atoms with Gasteiger partial charge >= 0.3 is 11.9 Å². The molecule has 21 heavy (non-hydrogen) atoms. The molecular weight excluding hydrogens is 268 g/mol. The number of carboxylic acids is 1. The van der Waals surface area contributed by atoms with Crippen molar-refractivity contribution >= 4 is 11.9 Å². The first kappa shape index (κ1) is 17.7. The molecule has 0 aromatic rings. The van der Waals surface area contributed by atoms with Crippen molar-refractivity contribution in [2.75, 3.05) is 0 Å². The lowest BCUT2D eigenvalue weighted by Gasteiger charge is -2.21. The fourth-order valence-electron chi connectivity index (χ4n) is 2.74. The average Bonchev–Trinajstić information content (AvgIpc) is 2.36. The molecule has 120 valence electrons. The lowest BCUT2D eigenvalue weighted by molar-refractivity contribution is -0.155. The number of hydrogen-bond donors (Lipinski definition) is 1. The zero-order chi connectivity index (χ0) is 15.9. The summed E-state index contributed by atoms with van der Waals surface area (Å²) in [6, 6.07) is 0. The molecule has 0 spiro atoms. The van der Waals surface area contributed by atoms with Crippen LogP contribution in [0, 0.1) is 5.92 Å². The highest BCUT2D eigenvalue weighted by atomic mass is 16.6. The number of hydrogen-bond acceptors (Lipinski definition) is 3. The van der Waals surface area contributed by atoms with Crippen molar-refractivity contribution in [1.82, 2.24) is 0 Å². The minimum atomic E-state index is -1.02. The van der Waals surface area contributed by atoms with E-state index in [0.29, 0.717) is 5.92 Å². The molecular formula is C17H28O4. The van der Waals surface area contributed by atoms with E-state index in [1.165, 1.54) is 32.1 Å². The van der Waals surface area contributed by atoms with Crippen molar-refractivity contribution in [2.24, 2.45) is 5.92 Å². The summed E-state index contributed by atoms with van der Waals surface area (Å²) >= 11 is 0. The normalized spacial score (nSPS) is 17.6. The van der Waals surface area contributed by atoms with Gasteiger partial charge in [-0.15, -0.1) is 0 Å². The van der Waals surface area contributed by atoms with E-state index in [2.05, 4.69) is 0 Å². The SMILES string of the molecule is CC(C)(C)OC(=O)C/C(=C\CCC1CCCCC1)C(=O)O. The van der Waals surface area contributed by atoms with Gasteiger partial charge in [-0.25, -0.2) is 4.79 Å². The number of carbonyl (C=O) groups is 2. The summed E-state index contributed by atoms with van der Waals surface area (Å²) in [5.41, 5.74) is -0.428. The number of carbonyl (C=O) groups excluding carboxylic acids is 1. The van der Waals surface area contributed by atoms with Crippen LogP contribution in [0.25, 0.3) is 0 Å². The minimum absolute atomic E-state index is 0.153. The Morgan fingerprint density at radius 2 is 1.81 bits per heavy atom. The summed E-state index contributed by atoms with van der Waals surface area (Å²) < 4.78 is 5.17. The first-order valence-corrected chi connectivity index (χ1v) is 7.92. The third-order valence-corrected chi connectivity index (χ3v) is 3.72. The van der Waals surface area contributed by atoms with Crippen LogP contribution in [0.5, 0.6) is 0 Å². The molecule has 0 amide bonds. The second kappa shape index (κ2) is 8.20. The van der Waals surface area contributed by atoms with Crippen molar-refractivity contribution in [3.8, 4) is 0 Å². The zero-order valence-electron chi connectivity index (χ0n) is 13.5. The molecule has 0 bridgehead atoms. The molecule has 1 aliphatic carbocycles. The van der Waals surface area contributed by atoms with Crippen LogP contribution in [0.1, 0.15) is 72.1 Å². The van der Waals surface area contributed by atoms with Gasteiger partial charge in [0.05, 0.1) is 6.42 Å². The lowest BCUT2D eigenvalue weighted by Crippen LogP contribution is -2.24. The van der Waals surface area contributed by atoms with Gasteiger partial charge in [0, 0.05) is 5.57 Å². The number of rotatable bonds is 6. The van der Waals surface area contributed by atoms with Crippen molar-refractivity contribution < 1.29 is 19.4 Å². The molecule has 1 aliphatic rings. The molecule has 0 radical (unpaired) electrons. The predicted octanol–water partition coefficient (Wildman–Crippen LogP) is 4.09. The van der Waals surface area contributed by atoms with Gasteiger partial charge in [-0.3, -0.25) is 4.79 Å². The number of ether oxygens (including phenoxy) is 1. The number of esters is 1. The van der Waals surface area contributed by atoms with Crippen LogP contribution in [-0.4, -0.2) is 22.6 Å². The third-order valence-electron chi connectivity index (χ3n) is 3.72. The van der Waals surface area contributed by atoms with E-state index in [9.17, 15) is 14.7 Å². The van der Waals surface area contributed by atoms with Gasteiger partial charge in [0.15, 0.2) is 0 Å². The van der Waals surface area contributed by atoms with Gasteiger partial charge in [-0.1, -0.05) is 38.2 Å². The van der Waals surface area contributed by atoms with Crippen molar-refractivity contribution in [3.05, 3.63) is 11.6 Å². The van der Waals surface area contributed by atoms with Crippen molar-refractivity contribution in [1.29, 1.82) is 0 Å². The van der Waals surface area contributed by atoms with Crippen LogP contribution in [0.2, 0.25) is 0 Å². The van der Waals surface area contributed by atoms with Crippen LogP contribution < -0.4 is 0 Å². The topological polar surface area (TPSA) is 63.6 Å². The van der Waals surface area contributed by atoms with E-state index in [1.54, 1.807) is 26.8 Å². The highest BCUT2D eigenvalue weighted by Crippen LogP contribution is 2.27. The highest BCUT2D eigenvalue weighted by Gasteiger charge is 2.20. The lowest BCUT2D eigenvalue weighted by atomic mass is 9.86. The Labute approximate surface area is 127 Å². The standard InChI is InChI=1S/C17H28O4/c1-17(2,3)21-15(18)12-14(16(19)20)11-7-10-13-8-5-4-6-9-13/h11,13H,4-10,12H2,1-3H3,(H,19,20)/b14-11+. The fourth-order valence-corrected chi connectivity index (χ4v) is 2.74. The Balaban J connectivity index is 2.46. The fraction of sp³-hybridized carbons (Fsp3) is 0.765. The van der Waals surface area contributed by atoms with Gasteiger partial charge in [-0.2, -0.15) is 0 Å². The number of allylic oxidation sites excluding steroid dienone is 1. The molecule has 0 aromatic heterocycles. The van der Waals surface area contributed by atoms with E-state index < -0.39 is 17.5 Å². The van der Waals surface area contributed by atoms with Crippen molar-refractivity contribution in [3.63, 3.8) is 0 Å². The Morgan fingerprint density at radius 3 is 2.33 bits per heavy atom. The maximum absolute atomic E-state index is 11.7. The number of aliphatic carboxylic acids is 1. The molecule has 4 nitrogen and oxygen atoms in total. The van der Waals surface area contributed by atoms with E-state index >= 15 is 0 Å². The molecule has 0 heterocycles. The first-order chi connectivity index (χ1) is 9.78. The maximum atomic E-state index is 11.7. The summed E-state index contributed by atoms with van der Waals surface area (Å²) in [6.07, 6.45) is 9.70. The second-order valence-corrected chi connectivity index (χ2v) is 6.88. The maximum Gasteiger partial charge on any atom is 0.331 e. The van der Waals surface area contributed by atoms with Crippen LogP contribution >= 0.6 is 0 Å². The van der Waals surface area contributed by atoms with E-state index in [4.69, 9.17) is 4.74 Å². The van der Waals surface area contributed by atoms with Crippen LogP contribution in [0.3, 0.4) is 0 Å². The predicted molar refractivity (Wildman–Crippen MR) is 82.0 cm³/mol. The summed E-state index contributed by atoms with van der Waals surface area (Å²) in [6.45, 7) is 5.33. The summed E-state index contributed by atoms with van der Waals surface area (Å²) in [4.78, 5) is 22.9. The molecule has 0 aromatic carbocycles. The van der Waals surface area contributed by atoms with E-state index in [1.807, 2.05) is 0 Å². The molecule has 1 fully saturated rings. The molecule has 4 heteroatoms. The van der Waals surface area contributed by atoms with Crippen molar-refractivity contribution in [2.45, 2.75) is 77.7 Å². The first-order valence-electron chi connectivity index (χ1n) is 7.92. The van der Waals surface area contributed by atoms with E-state index in [-0.39, 0.29) is 12.0 Å². The van der Waals surface area contributed by atoms with Crippen LogP contribution in [-0.2, 0) is 14.3 Å². The Kier molecular flexibility index (Phi) is 6.93. The van der Waals surface area contributed by atoms with Crippen LogP contribution in [0.4, 0.5) is 0 Å². The third kappa shape index (κ3) is 7.88. The Bertz CT molecular complexity index is 384. The zero-order valence-corrected chi connectivity index (χ0v) is 13.5. The summed E-state index contributed by atoms with van der Waals surface area (Å²) in [7, 11) is 0. The molecule has 0 unspecified atom stereocenters. The second-order valence-electron chi connectivity index (χ2n) is 6.88. The summed E-state index contributed by atoms with van der Waals surface area (Å²) in [5.74, 6) is -0.787. The Morgan fingerprint density at radius 1 is 1.19 bits per heavy atom. The highest BCUT2D eigenvalue weighted by molar-refractivity contribution is 5.92. The average molecular weight is 296 g/mol. The molecule has 0 atom stereocenters. The van der Waals surface area contributed by atoms with Crippen LogP contribution in [0.15, 0.2) is 11.6 Å². The molecule has 1 saturated carbocycles. The van der Waals surface area contributed by atoms with Gasteiger partial charge in [0.25, 0.3) is 0 Å².